The van der Waals surface area contributed by atoms with Crippen LogP contribution in [0.5, 0.6) is 0 Å². The monoisotopic (exact) mass is 341 g/mol. The third-order valence-electron chi connectivity index (χ3n) is 3.63. The van der Waals surface area contributed by atoms with E-state index in [4.69, 9.17) is 0 Å². The van der Waals surface area contributed by atoms with Gasteiger partial charge in [-0.2, -0.15) is 0 Å². The average molecular weight is 341 g/mol. The predicted molar refractivity (Wildman–Crippen MR) is 92.8 cm³/mol. The summed E-state index contributed by atoms with van der Waals surface area (Å²) in [6.45, 7) is 3.56. The normalized spacial score (nSPS) is 11.0. The number of nitrogens with one attached hydrogen (secondary N) is 2. The molecular formula is C16H19N7O2. The molecule has 0 aliphatic carbocycles. The first-order valence-electron chi connectivity index (χ1n) is 7.84. The molecule has 0 saturated carbocycles. The molecule has 0 unspecified atom stereocenters. The lowest BCUT2D eigenvalue weighted by Crippen LogP contribution is -2.19. The Bertz CT molecular complexity index is 926. The summed E-state index contributed by atoms with van der Waals surface area (Å²) in [5.74, 6) is -0.238. The molecule has 0 saturated heterocycles. The van der Waals surface area contributed by atoms with E-state index in [2.05, 4.69) is 25.9 Å². The summed E-state index contributed by atoms with van der Waals surface area (Å²) in [7, 11) is 1.91. The van der Waals surface area contributed by atoms with Crippen LogP contribution >= 0.6 is 0 Å². The smallest absolute Gasteiger partial charge is 0.246 e. The van der Waals surface area contributed by atoms with Gasteiger partial charge in [-0.3, -0.25) is 9.59 Å². The Kier molecular flexibility index (Phi) is 4.46. The molecule has 0 bridgehead atoms. The molecule has 0 atom stereocenters. The quantitative estimate of drug-likeness (QED) is 0.729. The lowest BCUT2D eigenvalue weighted by Gasteiger charge is -2.05. The largest absolute Gasteiger partial charge is 0.334 e. The molecule has 2 amide bonds. The van der Waals surface area contributed by atoms with Crippen molar-refractivity contribution < 1.29 is 9.59 Å². The zero-order valence-electron chi connectivity index (χ0n) is 14.2. The van der Waals surface area contributed by atoms with Crippen LogP contribution in [0.25, 0.3) is 11.0 Å². The highest BCUT2D eigenvalue weighted by molar-refractivity contribution is 5.93. The molecule has 9 heteroatoms. The van der Waals surface area contributed by atoms with E-state index in [1.807, 2.05) is 29.8 Å². The molecule has 9 nitrogen and oxygen atoms in total. The van der Waals surface area contributed by atoms with Gasteiger partial charge in [0, 0.05) is 18.7 Å². The number of fused-ring (bicyclic) bond motifs is 1. The predicted octanol–water partition coefficient (Wildman–Crippen LogP) is 1.40. The van der Waals surface area contributed by atoms with Gasteiger partial charge in [-0.1, -0.05) is 19.1 Å². The second-order valence-electron chi connectivity index (χ2n) is 6.05. The minimum absolute atomic E-state index is 0.00912. The van der Waals surface area contributed by atoms with Gasteiger partial charge in [0.05, 0.1) is 23.6 Å². The summed E-state index contributed by atoms with van der Waals surface area (Å²) in [6, 6.07) is 5.52. The van der Waals surface area contributed by atoms with Crippen LogP contribution in [0.15, 0.2) is 30.7 Å². The van der Waals surface area contributed by atoms with Crippen molar-refractivity contribution >= 4 is 34.4 Å². The summed E-state index contributed by atoms with van der Waals surface area (Å²) in [5.41, 5.74) is 2.45. The summed E-state index contributed by atoms with van der Waals surface area (Å²) in [6.07, 6.45) is 3.24. The number of nitrogens with zero attached hydrogens (tertiary/aromatic N) is 5. The van der Waals surface area contributed by atoms with E-state index in [0.29, 0.717) is 11.5 Å². The molecule has 0 aliphatic rings. The maximum Gasteiger partial charge on any atom is 0.246 e. The number of carbonyl (C=O) groups is 2. The maximum absolute atomic E-state index is 12.2. The van der Waals surface area contributed by atoms with Gasteiger partial charge in [0.15, 0.2) is 5.82 Å². The molecule has 25 heavy (non-hydrogen) atoms. The molecule has 2 N–H and O–H groups in total. The van der Waals surface area contributed by atoms with Crippen molar-refractivity contribution in [1.29, 1.82) is 0 Å². The Morgan fingerprint density at radius 2 is 2.04 bits per heavy atom. The summed E-state index contributed by atoms with van der Waals surface area (Å²) in [5, 5.41) is 13.1. The lowest BCUT2D eigenvalue weighted by molar-refractivity contribution is -0.119. The third-order valence-corrected chi connectivity index (χ3v) is 3.63. The first-order valence-corrected chi connectivity index (χ1v) is 7.84. The Balaban J connectivity index is 1.62. The average Bonchev–Trinajstić information content (AvgIpc) is 3.14. The van der Waals surface area contributed by atoms with E-state index in [-0.39, 0.29) is 24.3 Å². The standard InChI is InChI=1S/C16H19N7O2/c1-10(2)16(25)19-14-7-23(21-20-14)8-15(24)18-11-4-5-13-12(6-11)17-9-22(13)3/h4-7,9-10H,8H2,1-3H3,(H,18,24)(H,19,25). The molecule has 0 aliphatic heterocycles. The van der Waals surface area contributed by atoms with Gasteiger partial charge in [-0.25, -0.2) is 9.67 Å². The van der Waals surface area contributed by atoms with Gasteiger partial charge in [0.1, 0.15) is 6.54 Å². The Hall–Kier alpha value is -3.23. The maximum atomic E-state index is 12.2. The van der Waals surface area contributed by atoms with E-state index < -0.39 is 0 Å². The number of hydrogen-bond donors (Lipinski definition) is 2. The van der Waals surface area contributed by atoms with Crippen LogP contribution in [0.4, 0.5) is 11.5 Å². The molecule has 2 heterocycles. The number of rotatable bonds is 5. The lowest BCUT2D eigenvalue weighted by atomic mass is 10.2. The molecule has 0 radical (unpaired) electrons. The van der Waals surface area contributed by atoms with Gasteiger partial charge < -0.3 is 15.2 Å². The number of amides is 2. The molecule has 0 spiro atoms. The fourth-order valence-electron chi connectivity index (χ4n) is 2.27. The topological polar surface area (TPSA) is 107 Å². The zero-order valence-corrected chi connectivity index (χ0v) is 14.2. The van der Waals surface area contributed by atoms with Crippen molar-refractivity contribution in [2.24, 2.45) is 13.0 Å². The fourth-order valence-corrected chi connectivity index (χ4v) is 2.27. The van der Waals surface area contributed by atoms with Gasteiger partial charge in [-0.15, -0.1) is 5.10 Å². The Morgan fingerprint density at radius 1 is 1.24 bits per heavy atom. The fraction of sp³-hybridized carbons (Fsp3) is 0.312. The SMILES string of the molecule is CC(C)C(=O)Nc1cn(CC(=O)Nc2ccc3c(c2)ncn3C)nn1. The molecule has 3 rings (SSSR count). The van der Waals surface area contributed by atoms with E-state index in [1.165, 1.54) is 10.9 Å². The summed E-state index contributed by atoms with van der Waals surface area (Å²) in [4.78, 5) is 28.0. The van der Waals surface area contributed by atoms with E-state index in [0.717, 1.165) is 11.0 Å². The van der Waals surface area contributed by atoms with Crippen molar-refractivity contribution in [3.05, 3.63) is 30.7 Å². The van der Waals surface area contributed by atoms with Gasteiger partial charge in [-0.05, 0) is 18.2 Å². The number of benzene rings is 1. The number of imidazole rings is 1. The number of anilines is 2. The van der Waals surface area contributed by atoms with Crippen LogP contribution in [0.3, 0.4) is 0 Å². The highest BCUT2D eigenvalue weighted by atomic mass is 16.2. The molecule has 2 aromatic heterocycles. The second-order valence-corrected chi connectivity index (χ2v) is 6.05. The highest BCUT2D eigenvalue weighted by Gasteiger charge is 2.11. The first-order chi connectivity index (χ1) is 11.9. The van der Waals surface area contributed by atoms with Crippen LogP contribution < -0.4 is 10.6 Å². The van der Waals surface area contributed by atoms with Crippen molar-refractivity contribution in [2.45, 2.75) is 20.4 Å². The summed E-state index contributed by atoms with van der Waals surface area (Å²) >= 11 is 0. The number of aromatic nitrogens is 5. The van der Waals surface area contributed by atoms with Crippen LogP contribution in [0.1, 0.15) is 13.8 Å². The Morgan fingerprint density at radius 3 is 2.80 bits per heavy atom. The van der Waals surface area contributed by atoms with E-state index >= 15 is 0 Å². The van der Waals surface area contributed by atoms with E-state index in [1.54, 1.807) is 20.2 Å². The van der Waals surface area contributed by atoms with Crippen molar-refractivity contribution in [2.75, 3.05) is 10.6 Å². The molecular weight excluding hydrogens is 322 g/mol. The molecule has 1 aromatic carbocycles. The van der Waals surface area contributed by atoms with Gasteiger partial charge in [0.2, 0.25) is 11.8 Å². The van der Waals surface area contributed by atoms with Crippen molar-refractivity contribution in [1.82, 2.24) is 24.5 Å². The minimum Gasteiger partial charge on any atom is -0.334 e. The van der Waals surface area contributed by atoms with E-state index in [9.17, 15) is 9.59 Å². The van der Waals surface area contributed by atoms with Crippen LogP contribution in [0, 0.1) is 5.92 Å². The number of aryl methyl sites for hydroxylation is 1. The minimum atomic E-state index is -0.248. The van der Waals surface area contributed by atoms with Crippen molar-refractivity contribution in [3.63, 3.8) is 0 Å². The van der Waals surface area contributed by atoms with Crippen molar-refractivity contribution in [3.8, 4) is 0 Å². The van der Waals surface area contributed by atoms with Crippen LogP contribution in [-0.4, -0.2) is 36.4 Å². The molecule has 3 aromatic rings. The molecule has 130 valence electrons. The second kappa shape index (κ2) is 6.71. The first kappa shape index (κ1) is 16.6. The van der Waals surface area contributed by atoms with Gasteiger partial charge in [0.25, 0.3) is 0 Å². The number of carbonyl (C=O) groups excluding carboxylic acids is 2. The highest BCUT2D eigenvalue weighted by Crippen LogP contribution is 2.17. The molecule has 0 fully saturated rings. The summed E-state index contributed by atoms with van der Waals surface area (Å²) < 4.78 is 3.27. The number of hydrogen-bond acceptors (Lipinski definition) is 5. The zero-order chi connectivity index (χ0) is 18.0. The van der Waals surface area contributed by atoms with Crippen LogP contribution in [0.2, 0.25) is 0 Å². The Labute approximate surface area is 144 Å². The van der Waals surface area contributed by atoms with Crippen LogP contribution in [-0.2, 0) is 23.2 Å². The van der Waals surface area contributed by atoms with Gasteiger partial charge >= 0.3 is 0 Å². The third kappa shape index (κ3) is 3.82.